The lowest BCUT2D eigenvalue weighted by Crippen LogP contribution is -2.28. The quantitative estimate of drug-likeness (QED) is 0.172. The summed E-state index contributed by atoms with van der Waals surface area (Å²) in [6, 6.07) is 0. The molecule has 2 heterocycles. The number of amides is 1. The first kappa shape index (κ1) is 25.3. The van der Waals surface area contributed by atoms with Crippen LogP contribution in [-0.2, 0) is 19.1 Å². The maximum Gasteiger partial charge on any atom is 0.355 e. The van der Waals surface area contributed by atoms with E-state index >= 15 is 0 Å². The van der Waals surface area contributed by atoms with Gasteiger partial charge in [0.25, 0.3) is 0 Å². The second kappa shape index (κ2) is 12.8. The Morgan fingerprint density at radius 3 is 2.65 bits per heavy atom. The number of hydrogen-bond acceptors (Lipinski definition) is 5. The molecule has 0 saturated carbocycles. The van der Waals surface area contributed by atoms with Crippen molar-refractivity contribution in [3.8, 4) is 0 Å². The summed E-state index contributed by atoms with van der Waals surface area (Å²) in [5.41, 5.74) is -0.535. The van der Waals surface area contributed by atoms with Crippen molar-refractivity contribution in [2.45, 2.75) is 109 Å². The number of carbonyl (C=O) groups is 2. The molecule has 6 heteroatoms. The van der Waals surface area contributed by atoms with E-state index in [1.807, 2.05) is 19.1 Å². The van der Waals surface area contributed by atoms with Crippen molar-refractivity contribution >= 4 is 11.9 Å². The molecule has 0 aromatic carbocycles. The Bertz CT molecular complexity index is 683. The molecule has 2 aliphatic heterocycles. The number of nitrogens with one attached hydrogen (secondary N) is 1. The van der Waals surface area contributed by atoms with Gasteiger partial charge in [0.1, 0.15) is 11.3 Å². The molecule has 4 atom stereocenters. The molecule has 6 nitrogen and oxygen atoms in total. The van der Waals surface area contributed by atoms with Crippen LogP contribution in [-0.4, -0.2) is 40.9 Å². The zero-order chi connectivity index (χ0) is 22.7. The molecule has 0 aromatic rings. The van der Waals surface area contributed by atoms with Gasteiger partial charge < -0.3 is 19.9 Å². The van der Waals surface area contributed by atoms with Gasteiger partial charge in [0.15, 0.2) is 0 Å². The van der Waals surface area contributed by atoms with Crippen molar-refractivity contribution in [2.75, 3.05) is 0 Å². The third-order valence-corrected chi connectivity index (χ3v) is 5.84. The highest BCUT2D eigenvalue weighted by atomic mass is 16.6. The maximum atomic E-state index is 12.0. The van der Waals surface area contributed by atoms with Gasteiger partial charge in [-0.15, -0.1) is 0 Å². The fourth-order valence-corrected chi connectivity index (χ4v) is 3.63. The third kappa shape index (κ3) is 9.40. The highest BCUT2D eigenvalue weighted by Gasteiger charge is 2.36. The molecule has 0 radical (unpaired) electrons. The minimum Gasteiger partial charge on any atom is -0.450 e. The monoisotopic (exact) mass is 433 g/mol. The zero-order valence-corrected chi connectivity index (χ0v) is 19.3. The number of unbranched alkanes of at least 4 members (excludes halogenated alkanes) is 5. The lowest BCUT2D eigenvalue weighted by Gasteiger charge is -2.17. The van der Waals surface area contributed by atoms with Crippen LogP contribution >= 0.6 is 0 Å². The molecule has 0 bridgehead atoms. The Morgan fingerprint density at radius 2 is 1.94 bits per heavy atom. The third-order valence-electron chi connectivity index (χ3n) is 5.84. The fourth-order valence-electron chi connectivity index (χ4n) is 3.63. The number of cyclic esters (lactones) is 1. The first-order valence-electron chi connectivity index (χ1n) is 11.8. The molecule has 174 valence electrons. The van der Waals surface area contributed by atoms with Crippen molar-refractivity contribution in [1.82, 2.24) is 5.32 Å². The van der Waals surface area contributed by atoms with Gasteiger partial charge in [-0.3, -0.25) is 4.79 Å². The number of rotatable bonds is 15. The van der Waals surface area contributed by atoms with E-state index in [0.29, 0.717) is 18.6 Å². The number of aliphatic hydroxyl groups is 1. The normalized spacial score (nSPS) is 26.3. The SMILES string of the molecule is CCCCCCCC[C@H]1O[C@H]1C/C=C/C=C\[C@H](O)CC(=O)NC1=C[C@](C)(CC)OC1=O. The van der Waals surface area contributed by atoms with Crippen LogP contribution in [0.5, 0.6) is 0 Å². The molecule has 2 N–H and O–H groups in total. The molecule has 0 aromatic heterocycles. The van der Waals surface area contributed by atoms with Crippen LogP contribution in [0.1, 0.15) is 85.0 Å². The van der Waals surface area contributed by atoms with E-state index in [2.05, 4.69) is 12.2 Å². The second-order valence-electron chi connectivity index (χ2n) is 8.75. The minimum atomic E-state index is -0.919. The average Bonchev–Trinajstić information content (AvgIpc) is 3.40. The van der Waals surface area contributed by atoms with Crippen LogP contribution in [0.15, 0.2) is 36.1 Å². The number of ether oxygens (including phenoxy) is 2. The Kier molecular flexibility index (Phi) is 10.5. The van der Waals surface area contributed by atoms with Crippen LogP contribution in [0, 0.1) is 0 Å². The molecule has 0 unspecified atom stereocenters. The minimum absolute atomic E-state index is 0.121. The van der Waals surface area contributed by atoms with Gasteiger partial charge in [-0.05, 0) is 32.3 Å². The van der Waals surface area contributed by atoms with E-state index in [1.54, 1.807) is 25.2 Å². The van der Waals surface area contributed by atoms with Crippen LogP contribution in [0.3, 0.4) is 0 Å². The molecule has 0 spiro atoms. The van der Waals surface area contributed by atoms with Crippen LogP contribution in [0.25, 0.3) is 0 Å². The predicted octanol–water partition coefficient (Wildman–Crippen LogP) is 4.48. The summed E-state index contributed by atoms with van der Waals surface area (Å²) >= 11 is 0. The summed E-state index contributed by atoms with van der Waals surface area (Å²) in [5, 5.41) is 12.5. The van der Waals surface area contributed by atoms with Gasteiger partial charge in [-0.1, -0.05) is 76.7 Å². The molecule has 1 amide bonds. The number of allylic oxidation sites excluding steroid dienone is 2. The average molecular weight is 434 g/mol. The summed E-state index contributed by atoms with van der Waals surface area (Å²) < 4.78 is 10.9. The van der Waals surface area contributed by atoms with E-state index in [4.69, 9.17) is 9.47 Å². The second-order valence-corrected chi connectivity index (χ2v) is 8.75. The van der Waals surface area contributed by atoms with E-state index in [9.17, 15) is 14.7 Å². The topological polar surface area (TPSA) is 88.2 Å². The molecule has 31 heavy (non-hydrogen) atoms. The smallest absolute Gasteiger partial charge is 0.355 e. The van der Waals surface area contributed by atoms with Gasteiger partial charge in [0, 0.05) is 0 Å². The zero-order valence-electron chi connectivity index (χ0n) is 19.3. The fraction of sp³-hybridized carbons (Fsp3) is 0.680. The number of hydrogen-bond donors (Lipinski definition) is 2. The molecule has 1 fully saturated rings. The van der Waals surface area contributed by atoms with Crippen molar-refractivity contribution in [3.05, 3.63) is 36.1 Å². The molecule has 0 aliphatic carbocycles. The van der Waals surface area contributed by atoms with Gasteiger partial charge in [0.2, 0.25) is 5.91 Å². The number of carbonyl (C=O) groups excluding carboxylic acids is 2. The van der Waals surface area contributed by atoms with Gasteiger partial charge >= 0.3 is 5.97 Å². The van der Waals surface area contributed by atoms with Gasteiger partial charge in [0.05, 0.1) is 24.7 Å². The van der Waals surface area contributed by atoms with Gasteiger partial charge in [-0.2, -0.15) is 0 Å². The summed E-state index contributed by atoms with van der Waals surface area (Å²) in [6.45, 7) is 5.93. The van der Waals surface area contributed by atoms with Crippen molar-refractivity contribution < 1.29 is 24.2 Å². The first-order valence-corrected chi connectivity index (χ1v) is 11.8. The summed E-state index contributed by atoms with van der Waals surface area (Å²) in [5.74, 6) is -0.962. The lowest BCUT2D eigenvalue weighted by molar-refractivity contribution is -0.146. The molecular weight excluding hydrogens is 394 g/mol. The van der Waals surface area contributed by atoms with Crippen molar-refractivity contribution in [1.29, 1.82) is 0 Å². The number of esters is 1. The highest BCUT2D eigenvalue weighted by Crippen LogP contribution is 2.30. The number of epoxide rings is 1. The van der Waals surface area contributed by atoms with Crippen molar-refractivity contribution in [2.24, 2.45) is 0 Å². The van der Waals surface area contributed by atoms with E-state index in [1.165, 1.54) is 38.5 Å². The predicted molar refractivity (Wildman–Crippen MR) is 121 cm³/mol. The lowest BCUT2D eigenvalue weighted by atomic mass is 10.0. The first-order chi connectivity index (χ1) is 14.9. The van der Waals surface area contributed by atoms with E-state index in [-0.39, 0.29) is 12.1 Å². The summed E-state index contributed by atoms with van der Waals surface area (Å²) in [7, 11) is 0. The standard InChI is InChI=1S/C25H39NO5/c1-4-6-7-8-9-12-15-21-22(30-21)16-13-10-11-14-19(27)17-23(28)26-20-18-25(3,5-2)31-24(20)29/h10-11,13-14,18-19,21-22,27H,4-9,12,15-17H2,1-3H3,(H,26,28)/b13-10+,14-11-/t19-,21+,22-,25-/m0/s1. The Labute approximate surface area is 186 Å². The highest BCUT2D eigenvalue weighted by molar-refractivity contribution is 5.96. The summed E-state index contributed by atoms with van der Waals surface area (Å²) in [4.78, 5) is 23.9. The largest absolute Gasteiger partial charge is 0.450 e. The molecular formula is C25H39NO5. The van der Waals surface area contributed by atoms with Gasteiger partial charge in [-0.25, -0.2) is 4.79 Å². The van der Waals surface area contributed by atoms with Crippen LogP contribution < -0.4 is 5.32 Å². The van der Waals surface area contributed by atoms with E-state index < -0.39 is 23.6 Å². The van der Waals surface area contributed by atoms with E-state index in [0.717, 1.165) is 12.8 Å². The van der Waals surface area contributed by atoms with Crippen LogP contribution in [0.4, 0.5) is 0 Å². The molecule has 1 saturated heterocycles. The maximum absolute atomic E-state index is 12.0. The molecule has 2 rings (SSSR count). The number of aliphatic hydroxyl groups excluding tert-OH is 1. The Hall–Kier alpha value is -1.92. The Morgan fingerprint density at radius 1 is 1.19 bits per heavy atom. The van der Waals surface area contributed by atoms with Crippen molar-refractivity contribution in [3.63, 3.8) is 0 Å². The summed E-state index contributed by atoms with van der Waals surface area (Å²) in [6.07, 6.45) is 19.0. The Balaban J connectivity index is 1.56. The molecule has 2 aliphatic rings. The van der Waals surface area contributed by atoms with Crippen LogP contribution in [0.2, 0.25) is 0 Å².